The van der Waals surface area contributed by atoms with Crippen molar-refractivity contribution < 1.29 is 9.59 Å². The number of nitrogens with zero attached hydrogens (tertiary/aromatic N) is 3. The van der Waals surface area contributed by atoms with Crippen LogP contribution in [0.4, 0.5) is 0 Å². The van der Waals surface area contributed by atoms with Gasteiger partial charge in [-0.05, 0) is 33.2 Å². The second-order valence-electron chi connectivity index (χ2n) is 6.30. The Balaban J connectivity index is 1.93. The molecule has 0 saturated carbocycles. The highest BCUT2D eigenvalue weighted by Crippen LogP contribution is 2.19. The van der Waals surface area contributed by atoms with Crippen molar-refractivity contribution in [3.8, 4) is 0 Å². The third-order valence-electron chi connectivity index (χ3n) is 4.58. The molecule has 1 unspecified atom stereocenters. The van der Waals surface area contributed by atoms with Gasteiger partial charge in [0.05, 0.1) is 12.6 Å². The molecule has 2 fully saturated rings. The minimum Gasteiger partial charge on any atom is -0.342 e. The van der Waals surface area contributed by atoms with Gasteiger partial charge in [0.15, 0.2) is 0 Å². The van der Waals surface area contributed by atoms with Crippen LogP contribution < -0.4 is 5.32 Å². The summed E-state index contributed by atoms with van der Waals surface area (Å²) in [4.78, 5) is 30.6. The number of nitrogens with one attached hydrogen (secondary N) is 1. The van der Waals surface area contributed by atoms with Crippen LogP contribution in [0.2, 0.25) is 0 Å². The van der Waals surface area contributed by atoms with Crippen molar-refractivity contribution in [1.29, 1.82) is 0 Å². The summed E-state index contributed by atoms with van der Waals surface area (Å²) in [7, 11) is 1.83. The summed E-state index contributed by atoms with van der Waals surface area (Å²) in [6.45, 7) is 8.51. The van der Waals surface area contributed by atoms with Crippen LogP contribution in [0.5, 0.6) is 0 Å². The van der Waals surface area contributed by atoms with Crippen LogP contribution in [0, 0.1) is 0 Å². The average molecular weight is 296 g/mol. The van der Waals surface area contributed by atoms with E-state index in [9.17, 15) is 9.59 Å². The fourth-order valence-electron chi connectivity index (χ4n) is 2.96. The van der Waals surface area contributed by atoms with E-state index >= 15 is 0 Å². The molecule has 0 spiro atoms. The Morgan fingerprint density at radius 1 is 1.24 bits per heavy atom. The number of likely N-dealkylation sites (tertiary alicyclic amines) is 1. The molecule has 2 rings (SSSR count). The second-order valence-corrected chi connectivity index (χ2v) is 6.30. The first-order chi connectivity index (χ1) is 10.0. The SMILES string of the molecule is CC(C)N(C)C(=O)CN1CCCC1C(=O)N1CCNCC1. The predicted octanol–water partition coefficient (Wildman–Crippen LogP) is -0.251. The van der Waals surface area contributed by atoms with Crippen LogP contribution >= 0.6 is 0 Å². The van der Waals surface area contributed by atoms with Crippen LogP contribution in [0.1, 0.15) is 26.7 Å². The van der Waals surface area contributed by atoms with Gasteiger partial charge >= 0.3 is 0 Å². The van der Waals surface area contributed by atoms with Crippen molar-refractivity contribution in [2.24, 2.45) is 0 Å². The molecule has 2 saturated heterocycles. The zero-order valence-corrected chi connectivity index (χ0v) is 13.5. The number of rotatable bonds is 4. The molecule has 2 aliphatic heterocycles. The van der Waals surface area contributed by atoms with E-state index in [0.717, 1.165) is 45.6 Å². The Labute approximate surface area is 127 Å². The monoisotopic (exact) mass is 296 g/mol. The smallest absolute Gasteiger partial charge is 0.240 e. The normalized spacial score (nSPS) is 23.6. The molecule has 0 bridgehead atoms. The molecule has 0 aromatic carbocycles. The Bertz CT molecular complexity index is 380. The van der Waals surface area contributed by atoms with Gasteiger partial charge in [-0.3, -0.25) is 14.5 Å². The van der Waals surface area contributed by atoms with Crippen molar-refractivity contribution in [1.82, 2.24) is 20.0 Å². The summed E-state index contributed by atoms with van der Waals surface area (Å²) < 4.78 is 0. The molecular weight excluding hydrogens is 268 g/mol. The number of piperazine rings is 1. The van der Waals surface area contributed by atoms with E-state index in [1.165, 1.54) is 0 Å². The topological polar surface area (TPSA) is 55.9 Å². The first kappa shape index (κ1) is 16.2. The molecule has 1 atom stereocenters. The van der Waals surface area contributed by atoms with Gasteiger partial charge in [0, 0.05) is 39.3 Å². The molecule has 6 nitrogen and oxygen atoms in total. The van der Waals surface area contributed by atoms with E-state index in [-0.39, 0.29) is 23.9 Å². The highest BCUT2D eigenvalue weighted by molar-refractivity contribution is 5.84. The molecule has 0 aromatic heterocycles. The molecule has 0 radical (unpaired) electrons. The molecule has 2 heterocycles. The molecule has 6 heteroatoms. The standard InChI is InChI=1S/C15H28N4O2/c1-12(2)17(3)14(20)11-19-8-4-5-13(19)15(21)18-9-6-16-7-10-18/h12-13,16H,4-11H2,1-3H3. The first-order valence-electron chi connectivity index (χ1n) is 8.00. The van der Waals surface area contributed by atoms with Gasteiger partial charge in [0.2, 0.25) is 11.8 Å². The lowest BCUT2D eigenvalue weighted by Crippen LogP contribution is -2.53. The largest absolute Gasteiger partial charge is 0.342 e. The van der Waals surface area contributed by atoms with Gasteiger partial charge in [-0.15, -0.1) is 0 Å². The third kappa shape index (κ3) is 3.95. The Morgan fingerprint density at radius 2 is 1.90 bits per heavy atom. The summed E-state index contributed by atoms with van der Waals surface area (Å²) in [5.74, 6) is 0.305. The van der Waals surface area contributed by atoms with Crippen LogP contribution in [0.25, 0.3) is 0 Å². The van der Waals surface area contributed by atoms with E-state index in [1.54, 1.807) is 4.90 Å². The van der Waals surface area contributed by atoms with Gasteiger partial charge < -0.3 is 15.1 Å². The summed E-state index contributed by atoms with van der Waals surface area (Å²) in [5, 5.41) is 3.26. The molecule has 2 aliphatic rings. The van der Waals surface area contributed by atoms with Gasteiger partial charge in [-0.25, -0.2) is 0 Å². The van der Waals surface area contributed by atoms with E-state index in [1.807, 2.05) is 25.8 Å². The van der Waals surface area contributed by atoms with E-state index in [2.05, 4.69) is 10.2 Å². The summed E-state index contributed by atoms with van der Waals surface area (Å²) in [6, 6.07) is 0.0926. The van der Waals surface area contributed by atoms with E-state index in [0.29, 0.717) is 6.54 Å². The summed E-state index contributed by atoms with van der Waals surface area (Å²) >= 11 is 0. The number of hydrogen-bond acceptors (Lipinski definition) is 4. The fraction of sp³-hybridized carbons (Fsp3) is 0.867. The summed E-state index contributed by atoms with van der Waals surface area (Å²) in [6.07, 6.45) is 1.88. The molecule has 0 aromatic rings. The molecule has 21 heavy (non-hydrogen) atoms. The maximum absolute atomic E-state index is 12.6. The lowest BCUT2D eigenvalue weighted by Gasteiger charge is -2.33. The number of likely N-dealkylation sites (N-methyl/N-ethyl adjacent to an activating group) is 1. The second kappa shape index (κ2) is 7.22. The number of amides is 2. The predicted molar refractivity (Wildman–Crippen MR) is 82.0 cm³/mol. The Morgan fingerprint density at radius 3 is 2.52 bits per heavy atom. The quantitative estimate of drug-likeness (QED) is 0.777. The lowest BCUT2D eigenvalue weighted by atomic mass is 10.1. The van der Waals surface area contributed by atoms with E-state index < -0.39 is 0 Å². The zero-order valence-electron chi connectivity index (χ0n) is 13.5. The minimum absolute atomic E-state index is 0.102. The van der Waals surface area contributed by atoms with Crippen molar-refractivity contribution in [2.75, 3.05) is 46.3 Å². The molecule has 2 amide bonds. The highest BCUT2D eigenvalue weighted by atomic mass is 16.2. The van der Waals surface area contributed by atoms with Gasteiger partial charge in [0.25, 0.3) is 0 Å². The van der Waals surface area contributed by atoms with Crippen molar-refractivity contribution in [2.45, 2.75) is 38.8 Å². The Hall–Kier alpha value is -1.14. The molecule has 1 N–H and O–H groups in total. The minimum atomic E-state index is -0.104. The number of hydrogen-bond donors (Lipinski definition) is 1. The average Bonchev–Trinajstić information content (AvgIpc) is 2.94. The van der Waals surface area contributed by atoms with E-state index in [4.69, 9.17) is 0 Å². The van der Waals surface area contributed by atoms with Gasteiger partial charge in [0.1, 0.15) is 0 Å². The van der Waals surface area contributed by atoms with Crippen LogP contribution in [0.15, 0.2) is 0 Å². The van der Waals surface area contributed by atoms with Crippen LogP contribution in [-0.4, -0.2) is 84.9 Å². The van der Waals surface area contributed by atoms with Crippen LogP contribution in [-0.2, 0) is 9.59 Å². The third-order valence-corrected chi connectivity index (χ3v) is 4.58. The number of carbonyl (C=O) groups excluding carboxylic acids is 2. The van der Waals surface area contributed by atoms with Crippen LogP contribution in [0.3, 0.4) is 0 Å². The maximum atomic E-state index is 12.6. The summed E-state index contributed by atoms with van der Waals surface area (Å²) in [5.41, 5.74) is 0. The number of carbonyl (C=O) groups is 2. The first-order valence-corrected chi connectivity index (χ1v) is 8.00. The molecule has 120 valence electrons. The maximum Gasteiger partial charge on any atom is 0.240 e. The van der Waals surface area contributed by atoms with Crippen molar-refractivity contribution in [3.63, 3.8) is 0 Å². The molecule has 0 aliphatic carbocycles. The highest BCUT2D eigenvalue weighted by Gasteiger charge is 2.35. The van der Waals surface area contributed by atoms with Crippen molar-refractivity contribution in [3.05, 3.63) is 0 Å². The van der Waals surface area contributed by atoms with Crippen molar-refractivity contribution >= 4 is 11.8 Å². The van der Waals surface area contributed by atoms with Gasteiger partial charge in [-0.2, -0.15) is 0 Å². The molecular formula is C15H28N4O2. The Kier molecular flexibility index (Phi) is 5.58. The fourth-order valence-corrected chi connectivity index (χ4v) is 2.96. The lowest BCUT2D eigenvalue weighted by molar-refractivity contribution is -0.139. The van der Waals surface area contributed by atoms with Gasteiger partial charge in [-0.1, -0.05) is 0 Å². The zero-order chi connectivity index (χ0) is 15.4.